The highest BCUT2D eigenvalue weighted by Gasteiger charge is 2.10. The Balaban J connectivity index is 2.06. The Morgan fingerprint density at radius 2 is 1.88 bits per heavy atom. The van der Waals surface area contributed by atoms with Crippen LogP contribution in [0.15, 0.2) is 30.3 Å². The van der Waals surface area contributed by atoms with E-state index in [-0.39, 0.29) is 5.91 Å². The molecule has 0 aliphatic carbocycles. The summed E-state index contributed by atoms with van der Waals surface area (Å²) in [6.07, 6.45) is 2.23. The quantitative estimate of drug-likeness (QED) is 0.728. The summed E-state index contributed by atoms with van der Waals surface area (Å²) in [5.74, 6) is 0.248. The van der Waals surface area contributed by atoms with Gasteiger partial charge < -0.3 is 15.4 Å². The number of unbranched alkanes of at least 4 members (excludes halogenated alkanes) is 1. The number of benzene rings is 1. The molecule has 0 saturated carbocycles. The van der Waals surface area contributed by atoms with E-state index < -0.39 is 5.97 Å². The molecule has 0 radical (unpaired) electrons. The van der Waals surface area contributed by atoms with Gasteiger partial charge in [-0.15, -0.1) is 10.2 Å². The summed E-state index contributed by atoms with van der Waals surface area (Å²) < 4.78 is 4.68. The second kappa shape index (κ2) is 8.98. The van der Waals surface area contributed by atoms with E-state index in [0.717, 1.165) is 12.8 Å². The van der Waals surface area contributed by atoms with Crippen LogP contribution in [0.25, 0.3) is 0 Å². The number of rotatable bonds is 7. The number of nitrogens with zero attached hydrogens (tertiary/aromatic N) is 2. The van der Waals surface area contributed by atoms with Gasteiger partial charge in [-0.2, -0.15) is 0 Å². The average Bonchev–Trinajstić information content (AvgIpc) is 2.62. The molecule has 25 heavy (non-hydrogen) atoms. The Morgan fingerprint density at radius 3 is 2.52 bits per heavy atom. The maximum atomic E-state index is 11.7. The predicted molar refractivity (Wildman–Crippen MR) is 96.3 cm³/mol. The fourth-order valence-electron chi connectivity index (χ4n) is 2.01. The van der Waals surface area contributed by atoms with Gasteiger partial charge in [0.1, 0.15) is 0 Å². The lowest BCUT2D eigenvalue weighted by Crippen LogP contribution is -2.12. The molecule has 8 heteroatoms. The molecule has 2 rings (SSSR count). The van der Waals surface area contributed by atoms with E-state index in [0.29, 0.717) is 34.3 Å². The molecule has 0 spiro atoms. The van der Waals surface area contributed by atoms with Crippen molar-refractivity contribution in [3.8, 4) is 0 Å². The van der Waals surface area contributed by atoms with Crippen molar-refractivity contribution >= 4 is 40.8 Å². The number of ether oxygens (including phenoxy) is 1. The number of anilines is 3. The fourth-order valence-corrected chi connectivity index (χ4v) is 2.18. The van der Waals surface area contributed by atoms with E-state index in [9.17, 15) is 9.59 Å². The van der Waals surface area contributed by atoms with Gasteiger partial charge >= 0.3 is 5.97 Å². The van der Waals surface area contributed by atoms with Crippen molar-refractivity contribution in [1.82, 2.24) is 10.2 Å². The van der Waals surface area contributed by atoms with Crippen LogP contribution in [-0.2, 0) is 9.53 Å². The minimum absolute atomic E-state index is 0.0920. The largest absolute Gasteiger partial charge is 0.465 e. The summed E-state index contributed by atoms with van der Waals surface area (Å²) in [6, 6.07) is 8.02. The highest BCUT2D eigenvalue weighted by Crippen LogP contribution is 2.26. The Bertz CT molecular complexity index is 750. The zero-order valence-electron chi connectivity index (χ0n) is 14.0. The molecule has 1 aromatic heterocycles. The van der Waals surface area contributed by atoms with Crippen LogP contribution >= 0.6 is 11.6 Å². The number of methoxy groups -OCH3 is 1. The number of nitrogens with one attached hydrogen (secondary N) is 2. The number of aromatic nitrogens is 2. The first kappa shape index (κ1) is 18.7. The van der Waals surface area contributed by atoms with Gasteiger partial charge in [0.2, 0.25) is 5.91 Å². The molecule has 0 fully saturated rings. The number of carbonyl (C=O) groups excluding carboxylic acids is 2. The molecule has 0 saturated heterocycles. The molecule has 132 valence electrons. The molecule has 0 atom stereocenters. The maximum absolute atomic E-state index is 11.7. The lowest BCUT2D eigenvalue weighted by Gasteiger charge is -2.09. The highest BCUT2D eigenvalue weighted by atomic mass is 35.5. The van der Waals surface area contributed by atoms with Crippen molar-refractivity contribution in [3.63, 3.8) is 0 Å². The predicted octanol–water partition coefficient (Wildman–Crippen LogP) is 3.79. The average molecular weight is 363 g/mol. The van der Waals surface area contributed by atoms with Gasteiger partial charge in [0, 0.05) is 6.42 Å². The number of hydrogen-bond acceptors (Lipinski definition) is 6. The highest BCUT2D eigenvalue weighted by molar-refractivity contribution is 6.33. The van der Waals surface area contributed by atoms with Crippen molar-refractivity contribution in [3.05, 3.63) is 40.9 Å². The van der Waals surface area contributed by atoms with Gasteiger partial charge in [-0.05, 0) is 36.8 Å². The maximum Gasteiger partial charge on any atom is 0.337 e. The van der Waals surface area contributed by atoms with Gasteiger partial charge in [0.05, 0.1) is 23.4 Å². The molecule has 1 amide bonds. The first-order chi connectivity index (χ1) is 12.0. The first-order valence-electron chi connectivity index (χ1n) is 7.82. The number of esters is 1. The summed E-state index contributed by atoms with van der Waals surface area (Å²) in [6.45, 7) is 2.02. The Labute approximate surface area is 150 Å². The molecule has 0 unspecified atom stereocenters. The first-order valence-corrected chi connectivity index (χ1v) is 8.19. The standard InChI is InChI=1S/C17H19ClN4O3/c1-3-4-5-16(23)20-15-9-8-14(21-22-15)19-13-10-11(17(24)25-2)6-7-12(13)18/h6-10H,3-5H2,1-2H3,(H,19,21)(H,20,22,23). The number of carbonyl (C=O) groups is 2. The number of hydrogen-bond donors (Lipinski definition) is 2. The SMILES string of the molecule is CCCCC(=O)Nc1ccc(Nc2cc(C(=O)OC)ccc2Cl)nn1. The van der Waals surface area contributed by atoms with Crippen LogP contribution in [0.2, 0.25) is 5.02 Å². The van der Waals surface area contributed by atoms with Crippen LogP contribution in [0.4, 0.5) is 17.3 Å². The van der Waals surface area contributed by atoms with E-state index in [2.05, 4.69) is 25.6 Å². The van der Waals surface area contributed by atoms with Gasteiger partial charge in [0.25, 0.3) is 0 Å². The van der Waals surface area contributed by atoms with Gasteiger partial charge in [-0.1, -0.05) is 24.9 Å². The topological polar surface area (TPSA) is 93.2 Å². The third-order valence-electron chi connectivity index (χ3n) is 3.34. The minimum Gasteiger partial charge on any atom is -0.465 e. The molecular formula is C17H19ClN4O3. The lowest BCUT2D eigenvalue weighted by molar-refractivity contribution is -0.116. The molecule has 0 aliphatic rings. The molecule has 0 aliphatic heterocycles. The zero-order chi connectivity index (χ0) is 18.2. The third-order valence-corrected chi connectivity index (χ3v) is 3.67. The molecule has 1 heterocycles. The zero-order valence-corrected chi connectivity index (χ0v) is 14.8. The van der Waals surface area contributed by atoms with Crippen LogP contribution in [0.5, 0.6) is 0 Å². The Hall–Kier alpha value is -2.67. The van der Waals surface area contributed by atoms with Crippen molar-refractivity contribution in [1.29, 1.82) is 0 Å². The fraction of sp³-hybridized carbons (Fsp3) is 0.294. The second-order valence-electron chi connectivity index (χ2n) is 5.27. The smallest absolute Gasteiger partial charge is 0.337 e. The summed E-state index contributed by atoms with van der Waals surface area (Å²) >= 11 is 6.12. The molecule has 7 nitrogen and oxygen atoms in total. The van der Waals surface area contributed by atoms with Crippen molar-refractivity contribution in [2.45, 2.75) is 26.2 Å². The van der Waals surface area contributed by atoms with Crippen LogP contribution in [0, 0.1) is 0 Å². The van der Waals surface area contributed by atoms with Crippen LogP contribution in [0.3, 0.4) is 0 Å². The third kappa shape index (κ3) is 5.42. The summed E-state index contributed by atoms with van der Waals surface area (Å²) in [7, 11) is 1.31. The van der Waals surface area contributed by atoms with Gasteiger partial charge in [-0.25, -0.2) is 4.79 Å². The van der Waals surface area contributed by atoms with E-state index >= 15 is 0 Å². The summed E-state index contributed by atoms with van der Waals surface area (Å²) in [4.78, 5) is 23.3. The molecular weight excluding hydrogens is 344 g/mol. The molecule has 2 N–H and O–H groups in total. The molecule has 1 aromatic carbocycles. The summed E-state index contributed by atoms with van der Waals surface area (Å²) in [5.41, 5.74) is 0.862. The molecule has 0 bridgehead atoms. The van der Waals surface area contributed by atoms with Gasteiger partial charge in [-0.3, -0.25) is 4.79 Å². The normalized spacial score (nSPS) is 10.2. The van der Waals surface area contributed by atoms with Crippen molar-refractivity contribution in [2.24, 2.45) is 0 Å². The van der Waals surface area contributed by atoms with E-state index in [1.165, 1.54) is 7.11 Å². The van der Waals surface area contributed by atoms with Crippen molar-refractivity contribution in [2.75, 3.05) is 17.7 Å². The second-order valence-corrected chi connectivity index (χ2v) is 5.67. The molecule has 2 aromatic rings. The monoisotopic (exact) mass is 362 g/mol. The van der Waals surface area contributed by atoms with E-state index in [1.54, 1.807) is 30.3 Å². The minimum atomic E-state index is -0.462. The van der Waals surface area contributed by atoms with Crippen molar-refractivity contribution < 1.29 is 14.3 Å². The van der Waals surface area contributed by atoms with Crippen LogP contribution < -0.4 is 10.6 Å². The van der Waals surface area contributed by atoms with Crippen LogP contribution in [-0.4, -0.2) is 29.2 Å². The van der Waals surface area contributed by atoms with Crippen LogP contribution in [0.1, 0.15) is 36.5 Å². The number of amides is 1. The lowest BCUT2D eigenvalue weighted by atomic mass is 10.2. The van der Waals surface area contributed by atoms with Gasteiger partial charge in [0.15, 0.2) is 11.6 Å². The Kier molecular flexibility index (Phi) is 6.71. The van der Waals surface area contributed by atoms with E-state index in [1.807, 2.05) is 6.92 Å². The van der Waals surface area contributed by atoms with E-state index in [4.69, 9.17) is 11.6 Å². The summed E-state index contributed by atoms with van der Waals surface area (Å²) in [5, 5.41) is 14.0. The Morgan fingerprint density at radius 1 is 1.16 bits per heavy atom. The number of halogens is 1.